The van der Waals surface area contributed by atoms with E-state index in [0.29, 0.717) is 5.69 Å². The Morgan fingerprint density at radius 1 is 1.67 bits per heavy atom. The van der Waals surface area contributed by atoms with Crippen LogP contribution < -0.4 is 5.32 Å². The van der Waals surface area contributed by atoms with Crippen molar-refractivity contribution in [1.82, 2.24) is 20.3 Å². The molecule has 0 bridgehead atoms. The average Bonchev–Trinajstić information content (AvgIpc) is 2.33. The molecule has 0 saturated carbocycles. The van der Waals surface area contributed by atoms with Gasteiger partial charge in [-0.1, -0.05) is 5.21 Å². The third-order valence-corrected chi connectivity index (χ3v) is 1.37. The van der Waals surface area contributed by atoms with Crippen LogP contribution in [-0.2, 0) is 7.05 Å². The summed E-state index contributed by atoms with van der Waals surface area (Å²) in [6.45, 7) is 3.81. The maximum Gasteiger partial charge on any atom is 0.271 e. The van der Waals surface area contributed by atoms with Crippen molar-refractivity contribution in [2.75, 3.05) is 0 Å². The topological polar surface area (TPSA) is 59.8 Å². The highest BCUT2D eigenvalue weighted by Gasteiger charge is 2.10. The summed E-state index contributed by atoms with van der Waals surface area (Å²) in [7, 11) is 1.68. The van der Waals surface area contributed by atoms with Gasteiger partial charge in [0.25, 0.3) is 5.91 Å². The Morgan fingerprint density at radius 2 is 2.33 bits per heavy atom. The van der Waals surface area contributed by atoms with Crippen molar-refractivity contribution in [3.8, 4) is 0 Å². The van der Waals surface area contributed by atoms with Gasteiger partial charge in [0, 0.05) is 13.1 Å². The quantitative estimate of drug-likeness (QED) is 0.673. The molecule has 1 heterocycles. The van der Waals surface area contributed by atoms with Crippen molar-refractivity contribution < 1.29 is 4.79 Å². The Bertz CT molecular complexity index is 279. The molecule has 1 N–H and O–H groups in total. The lowest BCUT2D eigenvalue weighted by atomic mass is 10.3. The minimum atomic E-state index is -0.141. The summed E-state index contributed by atoms with van der Waals surface area (Å²) in [5, 5.41) is 10.00. The highest BCUT2D eigenvalue weighted by molar-refractivity contribution is 5.92. The highest BCUT2D eigenvalue weighted by Crippen LogP contribution is 1.93. The predicted molar refractivity (Wildman–Crippen MR) is 43.6 cm³/mol. The first kappa shape index (κ1) is 8.70. The molecule has 0 aromatic carbocycles. The monoisotopic (exact) mass is 168 g/mol. The van der Waals surface area contributed by atoms with Gasteiger partial charge in [-0.25, -0.2) is 4.68 Å². The highest BCUT2D eigenvalue weighted by atomic mass is 16.2. The maximum atomic E-state index is 11.3. The number of hydrogen-bond acceptors (Lipinski definition) is 3. The van der Waals surface area contributed by atoms with Gasteiger partial charge in [0.1, 0.15) is 5.69 Å². The molecule has 0 radical (unpaired) electrons. The average molecular weight is 168 g/mol. The number of rotatable bonds is 2. The molecular weight excluding hydrogens is 156 g/mol. The van der Waals surface area contributed by atoms with Crippen molar-refractivity contribution in [2.24, 2.45) is 7.05 Å². The molecule has 0 aliphatic rings. The van der Waals surface area contributed by atoms with Crippen LogP contribution in [0.4, 0.5) is 0 Å². The molecule has 5 heteroatoms. The number of nitrogens with zero attached hydrogens (tertiary/aromatic N) is 3. The number of hydrogen-bond donors (Lipinski definition) is 1. The van der Waals surface area contributed by atoms with E-state index in [1.54, 1.807) is 7.05 Å². The molecule has 1 aromatic rings. The number of nitrogens with one attached hydrogen (secondary N) is 1. The van der Waals surface area contributed by atoms with E-state index in [1.165, 1.54) is 10.9 Å². The van der Waals surface area contributed by atoms with Crippen molar-refractivity contribution in [3.05, 3.63) is 11.9 Å². The molecule has 0 fully saturated rings. The zero-order chi connectivity index (χ0) is 9.14. The summed E-state index contributed by atoms with van der Waals surface area (Å²) in [5.74, 6) is -0.141. The molecule has 1 amide bonds. The second kappa shape index (κ2) is 3.34. The summed E-state index contributed by atoms with van der Waals surface area (Å²) in [4.78, 5) is 11.3. The van der Waals surface area contributed by atoms with E-state index >= 15 is 0 Å². The van der Waals surface area contributed by atoms with Crippen molar-refractivity contribution in [1.29, 1.82) is 0 Å². The fourth-order valence-electron chi connectivity index (χ4n) is 0.831. The lowest BCUT2D eigenvalue weighted by Gasteiger charge is -2.06. The molecule has 0 aliphatic heterocycles. The zero-order valence-corrected chi connectivity index (χ0v) is 7.40. The van der Waals surface area contributed by atoms with Crippen molar-refractivity contribution in [2.45, 2.75) is 19.9 Å². The van der Waals surface area contributed by atoms with E-state index in [9.17, 15) is 4.79 Å². The smallest absolute Gasteiger partial charge is 0.271 e. The Labute approximate surface area is 70.8 Å². The number of carbonyl (C=O) groups excluding carboxylic acids is 1. The second-order valence-corrected chi connectivity index (χ2v) is 2.87. The first-order chi connectivity index (χ1) is 5.61. The fourth-order valence-corrected chi connectivity index (χ4v) is 0.831. The van der Waals surface area contributed by atoms with Gasteiger partial charge < -0.3 is 5.32 Å². The van der Waals surface area contributed by atoms with Crippen LogP contribution in [0.25, 0.3) is 0 Å². The van der Waals surface area contributed by atoms with Gasteiger partial charge in [0.2, 0.25) is 0 Å². The van der Waals surface area contributed by atoms with Crippen LogP contribution in [0.15, 0.2) is 6.20 Å². The van der Waals surface area contributed by atoms with Gasteiger partial charge in [-0.15, -0.1) is 5.10 Å². The Hall–Kier alpha value is -1.39. The molecule has 5 nitrogen and oxygen atoms in total. The van der Waals surface area contributed by atoms with Gasteiger partial charge in [-0.05, 0) is 13.8 Å². The van der Waals surface area contributed by atoms with E-state index in [1.807, 2.05) is 13.8 Å². The Morgan fingerprint density at radius 3 is 2.75 bits per heavy atom. The molecule has 0 spiro atoms. The summed E-state index contributed by atoms with van der Waals surface area (Å²) >= 11 is 0. The van der Waals surface area contributed by atoms with Crippen LogP contribution in [0.5, 0.6) is 0 Å². The minimum absolute atomic E-state index is 0.132. The maximum absolute atomic E-state index is 11.3. The van der Waals surface area contributed by atoms with Gasteiger partial charge in [0.05, 0.1) is 6.20 Å². The molecule has 1 rings (SSSR count). The fraction of sp³-hybridized carbons (Fsp3) is 0.571. The summed E-state index contributed by atoms with van der Waals surface area (Å²) < 4.78 is 1.44. The van der Waals surface area contributed by atoms with Gasteiger partial charge in [-0.2, -0.15) is 0 Å². The SMILES string of the molecule is CC(C)NC(=O)c1cnnn1C. The largest absolute Gasteiger partial charge is 0.348 e. The van der Waals surface area contributed by atoms with Crippen LogP contribution in [0.1, 0.15) is 24.3 Å². The third-order valence-electron chi connectivity index (χ3n) is 1.37. The predicted octanol–water partition coefficient (Wildman–Crippen LogP) is -0.0467. The minimum Gasteiger partial charge on any atom is -0.348 e. The Kier molecular flexibility index (Phi) is 2.42. The number of aromatic nitrogens is 3. The van der Waals surface area contributed by atoms with Crippen molar-refractivity contribution >= 4 is 5.91 Å². The first-order valence-corrected chi connectivity index (χ1v) is 3.77. The lowest BCUT2D eigenvalue weighted by molar-refractivity contribution is 0.0933. The van der Waals surface area contributed by atoms with Crippen LogP contribution in [-0.4, -0.2) is 26.9 Å². The summed E-state index contributed by atoms with van der Waals surface area (Å²) in [6, 6.07) is 0.132. The molecule has 0 atom stereocenters. The number of amides is 1. The van der Waals surface area contributed by atoms with E-state index < -0.39 is 0 Å². The summed E-state index contributed by atoms with van der Waals surface area (Å²) in [5.41, 5.74) is 0.476. The van der Waals surface area contributed by atoms with Crippen LogP contribution in [0.3, 0.4) is 0 Å². The van der Waals surface area contributed by atoms with Gasteiger partial charge in [-0.3, -0.25) is 4.79 Å². The zero-order valence-electron chi connectivity index (χ0n) is 7.40. The van der Waals surface area contributed by atoms with Gasteiger partial charge in [0.15, 0.2) is 0 Å². The van der Waals surface area contributed by atoms with E-state index in [0.717, 1.165) is 0 Å². The lowest BCUT2D eigenvalue weighted by Crippen LogP contribution is -2.31. The molecule has 0 aliphatic carbocycles. The van der Waals surface area contributed by atoms with Crippen molar-refractivity contribution in [3.63, 3.8) is 0 Å². The molecule has 12 heavy (non-hydrogen) atoms. The van der Waals surface area contributed by atoms with E-state index in [-0.39, 0.29) is 11.9 Å². The first-order valence-electron chi connectivity index (χ1n) is 3.77. The van der Waals surface area contributed by atoms with Crippen LogP contribution >= 0.6 is 0 Å². The molecule has 0 unspecified atom stereocenters. The molecule has 66 valence electrons. The third kappa shape index (κ3) is 1.81. The second-order valence-electron chi connectivity index (χ2n) is 2.87. The van der Waals surface area contributed by atoms with E-state index in [2.05, 4.69) is 15.6 Å². The molecular formula is C7H12N4O. The number of carbonyl (C=O) groups is 1. The van der Waals surface area contributed by atoms with E-state index in [4.69, 9.17) is 0 Å². The molecule has 1 aromatic heterocycles. The van der Waals surface area contributed by atoms with Gasteiger partial charge >= 0.3 is 0 Å². The number of aryl methyl sites for hydroxylation is 1. The van der Waals surface area contributed by atoms with Crippen LogP contribution in [0, 0.1) is 0 Å². The normalized spacial score (nSPS) is 10.3. The Balaban J connectivity index is 2.72. The molecule has 0 saturated heterocycles. The summed E-state index contributed by atoms with van der Waals surface area (Å²) in [6.07, 6.45) is 1.44. The standard InChI is InChI=1S/C7H12N4O/c1-5(2)9-7(12)6-4-8-10-11(6)3/h4-5H,1-3H3,(H,9,12). The van der Waals surface area contributed by atoms with Crippen LogP contribution in [0.2, 0.25) is 0 Å².